The SMILES string of the molecule is O=S(=O)(Nc1ccc(O)cc1Cl)c1cccs1. The maximum atomic E-state index is 11.9. The Labute approximate surface area is 108 Å². The molecule has 2 aromatic rings. The molecule has 0 saturated carbocycles. The van der Waals surface area contributed by atoms with E-state index in [9.17, 15) is 8.42 Å². The van der Waals surface area contributed by atoms with E-state index < -0.39 is 10.0 Å². The number of phenols is 1. The third-order valence-electron chi connectivity index (χ3n) is 1.96. The van der Waals surface area contributed by atoms with Gasteiger partial charge in [-0.1, -0.05) is 17.7 Å². The van der Waals surface area contributed by atoms with E-state index in [1.54, 1.807) is 11.4 Å². The number of thiophene rings is 1. The fourth-order valence-electron chi connectivity index (χ4n) is 1.20. The predicted octanol–water partition coefficient (Wildman–Crippen LogP) is 2.91. The molecule has 1 aromatic carbocycles. The van der Waals surface area contributed by atoms with Gasteiger partial charge < -0.3 is 5.11 Å². The first-order valence-electron chi connectivity index (χ1n) is 4.54. The molecule has 7 heteroatoms. The number of benzene rings is 1. The smallest absolute Gasteiger partial charge is 0.271 e. The van der Waals surface area contributed by atoms with Crippen LogP contribution in [0.4, 0.5) is 5.69 Å². The minimum Gasteiger partial charge on any atom is -0.508 e. The molecule has 0 fully saturated rings. The van der Waals surface area contributed by atoms with E-state index in [2.05, 4.69) is 4.72 Å². The molecule has 0 aliphatic rings. The van der Waals surface area contributed by atoms with Gasteiger partial charge in [0, 0.05) is 6.07 Å². The van der Waals surface area contributed by atoms with Crippen LogP contribution >= 0.6 is 22.9 Å². The number of phenolic OH excluding ortho intramolecular Hbond substituents is 1. The number of anilines is 1. The van der Waals surface area contributed by atoms with Crippen LogP contribution in [0.1, 0.15) is 0 Å². The van der Waals surface area contributed by atoms with Crippen LogP contribution in [-0.2, 0) is 10.0 Å². The lowest BCUT2D eigenvalue weighted by Gasteiger charge is -2.08. The minimum atomic E-state index is -3.60. The van der Waals surface area contributed by atoms with Crippen molar-refractivity contribution in [2.24, 2.45) is 0 Å². The molecule has 0 spiro atoms. The van der Waals surface area contributed by atoms with Gasteiger partial charge >= 0.3 is 0 Å². The second kappa shape index (κ2) is 4.56. The van der Waals surface area contributed by atoms with Gasteiger partial charge in [0.1, 0.15) is 9.96 Å². The summed E-state index contributed by atoms with van der Waals surface area (Å²) in [5.41, 5.74) is 0.234. The van der Waals surface area contributed by atoms with Crippen molar-refractivity contribution < 1.29 is 13.5 Å². The van der Waals surface area contributed by atoms with E-state index >= 15 is 0 Å². The zero-order valence-corrected chi connectivity index (χ0v) is 10.8. The molecule has 0 aliphatic heterocycles. The third-order valence-corrected chi connectivity index (χ3v) is 5.03. The van der Waals surface area contributed by atoms with E-state index in [-0.39, 0.29) is 20.7 Å². The molecular weight excluding hydrogens is 282 g/mol. The summed E-state index contributed by atoms with van der Waals surface area (Å²) in [4.78, 5) is 0. The molecule has 17 heavy (non-hydrogen) atoms. The molecular formula is C10H8ClNO3S2. The largest absolute Gasteiger partial charge is 0.508 e. The van der Waals surface area contributed by atoms with E-state index in [4.69, 9.17) is 16.7 Å². The van der Waals surface area contributed by atoms with Crippen molar-refractivity contribution in [3.8, 4) is 5.75 Å². The molecule has 2 N–H and O–H groups in total. The summed E-state index contributed by atoms with van der Waals surface area (Å²) in [5.74, 6) is -0.0194. The Hall–Kier alpha value is -1.24. The summed E-state index contributed by atoms with van der Waals surface area (Å²) >= 11 is 6.93. The number of hydrogen-bond acceptors (Lipinski definition) is 4. The van der Waals surface area contributed by atoms with Crippen LogP contribution in [0.15, 0.2) is 39.9 Å². The van der Waals surface area contributed by atoms with Crippen LogP contribution < -0.4 is 4.72 Å². The van der Waals surface area contributed by atoms with Crippen LogP contribution in [0.5, 0.6) is 5.75 Å². The number of nitrogens with one attached hydrogen (secondary N) is 1. The lowest BCUT2D eigenvalue weighted by Crippen LogP contribution is -2.11. The topological polar surface area (TPSA) is 66.4 Å². The standard InChI is InChI=1S/C10H8ClNO3S2/c11-8-6-7(13)3-4-9(8)12-17(14,15)10-2-1-5-16-10/h1-6,12-13H. The van der Waals surface area contributed by atoms with Gasteiger partial charge in [0.2, 0.25) is 0 Å². The van der Waals surface area contributed by atoms with Crippen LogP contribution in [0.25, 0.3) is 0 Å². The van der Waals surface area contributed by atoms with E-state index in [0.717, 1.165) is 11.3 Å². The van der Waals surface area contributed by atoms with Crippen molar-refractivity contribution in [3.63, 3.8) is 0 Å². The average molecular weight is 290 g/mol. The van der Waals surface area contributed by atoms with Crippen molar-refractivity contribution in [1.82, 2.24) is 0 Å². The van der Waals surface area contributed by atoms with Gasteiger partial charge in [-0.3, -0.25) is 4.72 Å². The van der Waals surface area contributed by atoms with Gasteiger partial charge in [-0.25, -0.2) is 8.42 Å². The predicted molar refractivity (Wildman–Crippen MR) is 68.2 cm³/mol. The monoisotopic (exact) mass is 289 g/mol. The highest BCUT2D eigenvalue weighted by Crippen LogP contribution is 2.28. The lowest BCUT2D eigenvalue weighted by atomic mass is 10.3. The first-order chi connectivity index (χ1) is 7.99. The Morgan fingerprint density at radius 1 is 1.29 bits per heavy atom. The molecule has 2 rings (SSSR count). The quantitative estimate of drug-likeness (QED) is 0.854. The summed E-state index contributed by atoms with van der Waals surface area (Å²) in [7, 11) is -3.60. The Morgan fingerprint density at radius 3 is 2.65 bits per heavy atom. The minimum absolute atomic E-state index is 0.0194. The first-order valence-corrected chi connectivity index (χ1v) is 7.28. The molecule has 0 saturated heterocycles. The number of hydrogen-bond donors (Lipinski definition) is 2. The molecule has 0 amide bonds. The Morgan fingerprint density at radius 2 is 2.06 bits per heavy atom. The summed E-state index contributed by atoms with van der Waals surface area (Å²) in [5, 5.41) is 11.0. The highest BCUT2D eigenvalue weighted by atomic mass is 35.5. The van der Waals surface area contributed by atoms with Crippen LogP contribution in [0.2, 0.25) is 5.02 Å². The van der Waals surface area contributed by atoms with E-state index in [1.165, 1.54) is 24.3 Å². The van der Waals surface area contributed by atoms with Crippen LogP contribution in [-0.4, -0.2) is 13.5 Å². The van der Waals surface area contributed by atoms with Crippen molar-refractivity contribution in [1.29, 1.82) is 0 Å². The van der Waals surface area contributed by atoms with Gasteiger partial charge in [0.05, 0.1) is 10.7 Å². The summed E-state index contributed by atoms with van der Waals surface area (Å²) in [6, 6.07) is 7.19. The fourth-order valence-corrected chi connectivity index (χ4v) is 3.55. The van der Waals surface area contributed by atoms with Crippen molar-refractivity contribution >= 4 is 38.6 Å². The number of sulfonamides is 1. The molecule has 90 valence electrons. The van der Waals surface area contributed by atoms with Crippen LogP contribution in [0.3, 0.4) is 0 Å². The Balaban J connectivity index is 2.33. The molecule has 1 heterocycles. The van der Waals surface area contributed by atoms with Crippen molar-refractivity contribution in [2.75, 3.05) is 4.72 Å². The third kappa shape index (κ3) is 2.71. The number of halogens is 1. The normalized spacial score (nSPS) is 11.4. The molecule has 0 aliphatic carbocycles. The Kier molecular flexibility index (Phi) is 3.28. The van der Waals surface area contributed by atoms with E-state index in [0.29, 0.717) is 0 Å². The molecule has 0 atom stereocenters. The number of rotatable bonds is 3. The second-order valence-corrected chi connectivity index (χ2v) is 6.47. The van der Waals surface area contributed by atoms with Gasteiger partial charge in [-0.15, -0.1) is 11.3 Å². The fraction of sp³-hybridized carbons (Fsp3) is 0. The zero-order chi connectivity index (χ0) is 12.5. The molecule has 0 bridgehead atoms. The maximum Gasteiger partial charge on any atom is 0.271 e. The first kappa shape index (κ1) is 12.2. The zero-order valence-electron chi connectivity index (χ0n) is 8.42. The van der Waals surface area contributed by atoms with Crippen LogP contribution in [0, 0.1) is 0 Å². The van der Waals surface area contributed by atoms with Gasteiger partial charge in [0.15, 0.2) is 0 Å². The average Bonchev–Trinajstić information content (AvgIpc) is 2.76. The number of aromatic hydroxyl groups is 1. The van der Waals surface area contributed by atoms with Crippen molar-refractivity contribution in [2.45, 2.75) is 4.21 Å². The highest BCUT2D eigenvalue weighted by molar-refractivity contribution is 7.94. The van der Waals surface area contributed by atoms with Gasteiger partial charge in [-0.05, 0) is 23.6 Å². The Bertz CT molecular complexity index is 623. The van der Waals surface area contributed by atoms with Gasteiger partial charge in [0.25, 0.3) is 10.0 Å². The molecule has 0 radical (unpaired) electrons. The maximum absolute atomic E-state index is 11.9. The van der Waals surface area contributed by atoms with E-state index in [1.807, 2.05) is 0 Å². The summed E-state index contributed by atoms with van der Waals surface area (Å²) in [6.07, 6.45) is 0. The molecule has 0 unspecified atom stereocenters. The molecule has 4 nitrogen and oxygen atoms in total. The highest BCUT2D eigenvalue weighted by Gasteiger charge is 2.16. The summed E-state index contributed by atoms with van der Waals surface area (Å²) in [6.45, 7) is 0. The van der Waals surface area contributed by atoms with Gasteiger partial charge in [-0.2, -0.15) is 0 Å². The second-order valence-electron chi connectivity index (χ2n) is 3.20. The van der Waals surface area contributed by atoms with Crippen molar-refractivity contribution in [3.05, 3.63) is 40.7 Å². The molecule has 1 aromatic heterocycles. The lowest BCUT2D eigenvalue weighted by molar-refractivity contribution is 0.475. The summed E-state index contributed by atoms with van der Waals surface area (Å²) < 4.78 is 26.3.